The van der Waals surface area contributed by atoms with Gasteiger partial charge < -0.3 is 10.6 Å². The molecule has 2 N–H and O–H groups in total. The van der Waals surface area contributed by atoms with E-state index in [1.54, 1.807) is 0 Å². The van der Waals surface area contributed by atoms with Crippen LogP contribution in [0.25, 0.3) is 0 Å². The number of rotatable bonds is 1. The van der Waals surface area contributed by atoms with Crippen molar-refractivity contribution in [1.82, 2.24) is 10.2 Å². The predicted molar refractivity (Wildman–Crippen MR) is 80.8 cm³/mol. The maximum absolute atomic E-state index is 3.65. The van der Waals surface area contributed by atoms with Crippen LogP contribution in [-0.4, -0.2) is 37.1 Å². The van der Waals surface area contributed by atoms with E-state index in [1.165, 1.54) is 41.9 Å². The summed E-state index contributed by atoms with van der Waals surface area (Å²) in [5, 5.41) is 7.11. The first-order valence-corrected chi connectivity index (χ1v) is 7.47. The van der Waals surface area contributed by atoms with Crippen molar-refractivity contribution in [3.8, 4) is 0 Å². The molecular formula is C16H25N3. The summed E-state index contributed by atoms with van der Waals surface area (Å²) in [5.74, 6) is 0. The van der Waals surface area contributed by atoms with E-state index in [9.17, 15) is 0 Å². The molecule has 2 aliphatic rings. The van der Waals surface area contributed by atoms with Crippen molar-refractivity contribution in [3.63, 3.8) is 0 Å². The van der Waals surface area contributed by atoms with Crippen LogP contribution in [0.3, 0.4) is 0 Å². The normalized spacial score (nSPS) is 27.7. The molecule has 2 unspecified atom stereocenters. The van der Waals surface area contributed by atoms with Gasteiger partial charge in [0, 0.05) is 44.0 Å². The number of fused-ring (bicyclic) bond motifs is 1. The van der Waals surface area contributed by atoms with E-state index in [1.807, 2.05) is 0 Å². The van der Waals surface area contributed by atoms with Gasteiger partial charge in [-0.1, -0.05) is 6.07 Å². The predicted octanol–water partition coefficient (Wildman–Crippen LogP) is 2.45. The Balaban J connectivity index is 1.96. The summed E-state index contributed by atoms with van der Waals surface area (Å²) in [7, 11) is 0. The highest BCUT2D eigenvalue weighted by Crippen LogP contribution is 2.38. The summed E-state index contributed by atoms with van der Waals surface area (Å²) >= 11 is 0. The van der Waals surface area contributed by atoms with Crippen LogP contribution in [0.4, 0.5) is 5.69 Å². The van der Waals surface area contributed by atoms with Gasteiger partial charge in [-0.15, -0.1) is 0 Å². The van der Waals surface area contributed by atoms with Crippen molar-refractivity contribution in [2.75, 3.05) is 31.5 Å². The van der Waals surface area contributed by atoms with E-state index in [0.717, 1.165) is 13.1 Å². The summed E-state index contributed by atoms with van der Waals surface area (Å²) < 4.78 is 0. The fourth-order valence-electron chi connectivity index (χ4n) is 3.37. The minimum Gasteiger partial charge on any atom is -0.382 e. The Morgan fingerprint density at radius 3 is 2.53 bits per heavy atom. The number of nitrogens with one attached hydrogen (secondary N) is 2. The van der Waals surface area contributed by atoms with Gasteiger partial charge in [0.1, 0.15) is 0 Å². The van der Waals surface area contributed by atoms with Crippen molar-refractivity contribution >= 4 is 5.69 Å². The van der Waals surface area contributed by atoms with E-state index in [0.29, 0.717) is 12.1 Å². The van der Waals surface area contributed by atoms with Crippen molar-refractivity contribution < 1.29 is 0 Å². The van der Waals surface area contributed by atoms with Gasteiger partial charge in [-0.3, -0.25) is 4.90 Å². The lowest BCUT2D eigenvalue weighted by Crippen LogP contribution is -2.47. The lowest BCUT2D eigenvalue weighted by molar-refractivity contribution is 0.159. The summed E-state index contributed by atoms with van der Waals surface area (Å²) in [4.78, 5) is 2.65. The highest BCUT2D eigenvalue weighted by Gasteiger charge is 2.30. The summed E-state index contributed by atoms with van der Waals surface area (Å²) in [6.07, 6.45) is 1.22. The molecule has 1 fully saturated rings. The minimum absolute atomic E-state index is 0.564. The molecule has 1 saturated heterocycles. The molecule has 1 aromatic rings. The van der Waals surface area contributed by atoms with Crippen molar-refractivity contribution in [2.45, 2.75) is 39.3 Å². The van der Waals surface area contributed by atoms with E-state index in [-0.39, 0.29) is 0 Å². The first kappa shape index (κ1) is 12.9. The lowest BCUT2D eigenvalue weighted by atomic mass is 9.89. The molecular weight excluding hydrogens is 234 g/mol. The second-order valence-corrected chi connectivity index (χ2v) is 6.11. The molecule has 0 radical (unpaired) electrons. The first-order valence-electron chi connectivity index (χ1n) is 7.47. The molecule has 3 rings (SSSR count). The summed E-state index contributed by atoms with van der Waals surface area (Å²) in [5.41, 5.74) is 5.66. The minimum atomic E-state index is 0.564. The van der Waals surface area contributed by atoms with Crippen molar-refractivity contribution in [1.29, 1.82) is 0 Å². The summed E-state index contributed by atoms with van der Waals surface area (Å²) in [6, 6.07) is 5.88. The fourth-order valence-corrected chi connectivity index (χ4v) is 3.37. The molecule has 0 spiro atoms. The lowest BCUT2D eigenvalue weighted by Gasteiger charge is -2.41. The van der Waals surface area contributed by atoms with Crippen LogP contribution in [0.15, 0.2) is 12.1 Å². The highest BCUT2D eigenvalue weighted by atomic mass is 15.2. The van der Waals surface area contributed by atoms with E-state index < -0.39 is 0 Å². The Labute approximate surface area is 116 Å². The number of benzene rings is 1. The molecule has 0 aromatic heterocycles. The van der Waals surface area contributed by atoms with Gasteiger partial charge in [0.15, 0.2) is 0 Å². The standard InChI is InChI=1S/C16H25N3/c1-11-8-14-15(9-12(11)2)18-13(3)10-16(14)19-6-4-17-5-7-19/h8-9,13,16-18H,4-7,10H2,1-3H3. The van der Waals surface area contributed by atoms with Crippen LogP contribution in [0.1, 0.15) is 36.1 Å². The quantitative estimate of drug-likeness (QED) is 0.811. The Morgan fingerprint density at radius 2 is 1.79 bits per heavy atom. The average Bonchev–Trinajstić information content (AvgIpc) is 2.41. The van der Waals surface area contributed by atoms with Gasteiger partial charge in [0.2, 0.25) is 0 Å². The maximum Gasteiger partial charge on any atom is 0.0393 e. The van der Waals surface area contributed by atoms with Crippen LogP contribution in [0.2, 0.25) is 0 Å². The third kappa shape index (κ3) is 2.49. The van der Waals surface area contributed by atoms with E-state index in [2.05, 4.69) is 48.4 Å². The molecule has 3 nitrogen and oxygen atoms in total. The third-order valence-corrected chi connectivity index (χ3v) is 4.60. The molecule has 2 aliphatic heterocycles. The third-order valence-electron chi connectivity index (χ3n) is 4.60. The van der Waals surface area contributed by atoms with Crippen LogP contribution < -0.4 is 10.6 Å². The number of nitrogens with zero attached hydrogens (tertiary/aromatic N) is 1. The van der Waals surface area contributed by atoms with Gasteiger partial charge in [-0.25, -0.2) is 0 Å². The maximum atomic E-state index is 3.65. The zero-order chi connectivity index (χ0) is 13.4. The van der Waals surface area contributed by atoms with Gasteiger partial charge in [-0.05, 0) is 49.9 Å². The van der Waals surface area contributed by atoms with E-state index >= 15 is 0 Å². The fraction of sp³-hybridized carbons (Fsp3) is 0.625. The Morgan fingerprint density at radius 1 is 1.11 bits per heavy atom. The molecule has 0 saturated carbocycles. The van der Waals surface area contributed by atoms with Gasteiger partial charge in [0.25, 0.3) is 0 Å². The topological polar surface area (TPSA) is 27.3 Å². The zero-order valence-electron chi connectivity index (χ0n) is 12.3. The van der Waals surface area contributed by atoms with E-state index in [4.69, 9.17) is 0 Å². The second kappa shape index (κ2) is 5.14. The Bertz CT molecular complexity index is 463. The second-order valence-electron chi connectivity index (χ2n) is 6.11. The molecule has 0 amide bonds. The van der Waals surface area contributed by atoms with Gasteiger partial charge in [0.05, 0.1) is 0 Å². The molecule has 104 valence electrons. The number of piperazine rings is 1. The molecule has 2 atom stereocenters. The monoisotopic (exact) mass is 259 g/mol. The molecule has 1 aromatic carbocycles. The van der Waals surface area contributed by atoms with Crippen molar-refractivity contribution in [3.05, 3.63) is 28.8 Å². The van der Waals surface area contributed by atoms with Crippen LogP contribution in [-0.2, 0) is 0 Å². The number of anilines is 1. The van der Waals surface area contributed by atoms with Gasteiger partial charge in [-0.2, -0.15) is 0 Å². The highest BCUT2D eigenvalue weighted by molar-refractivity contribution is 5.59. The smallest absolute Gasteiger partial charge is 0.0393 e. The molecule has 0 aliphatic carbocycles. The van der Waals surface area contributed by atoms with Crippen LogP contribution >= 0.6 is 0 Å². The molecule has 2 heterocycles. The first-order chi connectivity index (χ1) is 9.15. The Kier molecular flexibility index (Phi) is 3.50. The molecule has 3 heteroatoms. The molecule has 0 bridgehead atoms. The summed E-state index contributed by atoms with van der Waals surface area (Å²) in [6.45, 7) is 11.3. The number of hydrogen-bond acceptors (Lipinski definition) is 3. The zero-order valence-corrected chi connectivity index (χ0v) is 12.3. The number of aryl methyl sites for hydroxylation is 2. The largest absolute Gasteiger partial charge is 0.382 e. The molecule has 19 heavy (non-hydrogen) atoms. The average molecular weight is 259 g/mol. The Hall–Kier alpha value is -1.06. The SMILES string of the molecule is Cc1cc2c(cc1C)C(N1CCNCC1)CC(C)N2. The van der Waals surface area contributed by atoms with Crippen LogP contribution in [0, 0.1) is 13.8 Å². The number of hydrogen-bond donors (Lipinski definition) is 2. The van der Waals surface area contributed by atoms with Crippen LogP contribution in [0.5, 0.6) is 0 Å². The van der Waals surface area contributed by atoms with Gasteiger partial charge >= 0.3 is 0 Å². The van der Waals surface area contributed by atoms with Crippen molar-refractivity contribution in [2.24, 2.45) is 0 Å².